The van der Waals surface area contributed by atoms with Crippen LogP contribution in [0.5, 0.6) is 0 Å². The summed E-state index contributed by atoms with van der Waals surface area (Å²) in [4.78, 5) is 17.0. The Morgan fingerprint density at radius 1 is 1.31 bits per heavy atom. The average molecular weight is 417 g/mol. The molecule has 0 spiro atoms. The first-order valence-corrected chi connectivity index (χ1v) is 9.97. The van der Waals surface area contributed by atoms with Crippen LogP contribution in [0.2, 0.25) is 0 Å². The zero-order chi connectivity index (χ0) is 21.0. The van der Waals surface area contributed by atoms with Crippen molar-refractivity contribution >= 4 is 11.1 Å². The standard InChI is InChI=1S/C19H20FN5O3S/c1-13-6-17(16-4-2-14(3-5-16)11-29(27)28)9-22-18(13)24-12-23-25(19(24)26)10-15(7-20)8-21/h2-7,9,12H,8,10-11,21H2,1H3,(H,27,28)/b15-7+. The van der Waals surface area contributed by atoms with Gasteiger partial charge >= 0.3 is 5.69 Å². The number of hydrogen-bond donors (Lipinski definition) is 2. The summed E-state index contributed by atoms with van der Waals surface area (Å²) in [5.41, 5.74) is 8.49. The largest absolute Gasteiger partial charge is 0.351 e. The molecule has 2 heterocycles. The van der Waals surface area contributed by atoms with Crippen molar-refractivity contribution in [3.8, 4) is 16.9 Å². The third-order valence-corrected chi connectivity index (χ3v) is 4.94. The molecule has 2 aromatic heterocycles. The van der Waals surface area contributed by atoms with Gasteiger partial charge in [0.25, 0.3) is 0 Å². The quantitative estimate of drug-likeness (QED) is 0.568. The van der Waals surface area contributed by atoms with Gasteiger partial charge in [-0.05, 0) is 35.3 Å². The highest BCUT2D eigenvalue weighted by molar-refractivity contribution is 7.78. The zero-order valence-electron chi connectivity index (χ0n) is 15.7. The van der Waals surface area contributed by atoms with Gasteiger partial charge in [0.05, 0.1) is 18.6 Å². The maximum Gasteiger partial charge on any atom is 0.351 e. The predicted molar refractivity (Wildman–Crippen MR) is 109 cm³/mol. The molecular formula is C19H20FN5O3S. The Labute approximate surface area is 168 Å². The van der Waals surface area contributed by atoms with Gasteiger partial charge in [0.1, 0.15) is 12.1 Å². The van der Waals surface area contributed by atoms with Crippen molar-refractivity contribution in [2.75, 3.05) is 6.54 Å². The maximum atomic E-state index is 12.7. The molecule has 1 unspecified atom stereocenters. The lowest BCUT2D eigenvalue weighted by Crippen LogP contribution is -2.26. The van der Waals surface area contributed by atoms with E-state index >= 15 is 0 Å². The lowest BCUT2D eigenvalue weighted by Gasteiger charge is -2.08. The van der Waals surface area contributed by atoms with Gasteiger partial charge in [-0.15, -0.1) is 0 Å². The van der Waals surface area contributed by atoms with Crippen molar-refractivity contribution in [3.63, 3.8) is 0 Å². The topological polar surface area (TPSA) is 116 Å². The van der Waals surface area contributed by atoms with E-state index in [9.17, 15) is 13.4 Å². The van der Waals surface area contributed by atoms with Gasteiger partial charge in [-0.2, -0.15) is 5.10 Å². The summed E-state index contributed by atoms with van der Waals surface area (Å²) in [6.07, 6.45) is 3.36. The minimum Gasteiger partial charge on any atom is -0.327 e. The van der Waals surface area contributed by atoms with Crippen LogP contribution in [0.3, 0.4) is 0 Å². The third kappa shape index (κ3) is 4.73. The summed E-state index contributed by atoms with van der Waals surface area (Å²) in [6, 6.07) is 9.15. The summed E-state index contributed by atoms with van der Waals surface area (Å²) in [7, 11) is 0. The SMILES string of the molecule is Cc1cc(-c2ccc(CS(=O)O)cc2)cnc1-n1cnn(C/C(=C/F)CN)c1=O. The van der Waals surface area contributed by atoms with Crippen LogP contribution in [-0.4, -0.2) is 34.6 Å². The molecule has 29 heavy (non-hydrogen) atoms. The molecule has 0 aliphatic heterocycles. The Bertz CT molecular complexity index is 1120. The Kier molecular flexibility index (Phi) is 6.47. The fourth-order valence-electron chi connectivity index (χ4n) is 2.84. The Morgan fingerprint density at radius 2 is 2.03 bits per heavy atom. The van der Waals surface area contributed by atoms with Gasteiger partial charge in [-0.25, -0.2) is 27.6 Å². The van der Waals surface area contributed by atoms with Crippen LogP contribution in [0, 0.1) is 6.92 Å². The number of aromatic nitrogens is 4. The summed E-state index contributed by atoms with van der Waals surface area (Å²) >= 11 is -1.89. The predicted octanol–water partition coefficient (Wildman–Crippen LogP) is 1.94. The Hall–Kier alpha value is -2.95. The van der Waals surface area contributed by atoms with Gasteiger partial charge in [0, 0.05) is 18.3 Å². The van der Waals surface area contributed by atoms with Crippen molar-refractivity contribution in [1.29, 1.82) is 0 Å². The second kappa shape index (κ2) is 9.03. The van der Waals surface area contributed by atoms with Gasteiger partial charge in [0.15, 0.2) is 11.1 Å². The minimum atomic E-state index is -1.89. The molecule has 0 fully saturated rings. The number of hydrogen-bond acceptors (Lipinski definition) is 5. The molecule has 0 aliphatic rings. The van der Waals surface area contributed by atoms with Crippen molar-refractivity contribution in [2.45, 2.75) is 19.2 Å². The number of nitrogens with two attached hydrogens (primary N) is 1. The molecule has 0 bridgehead atoms. The molecule has 3 aromatic rings. The van der Waals surface area contributed by atoms with Gasteiger partial charge in [-0.1, -0.05) is 24.3 Å². The van der Waals surface area contributed by atoms with E-state index in [1.54, 1.807) is 18.3 Å². The fourth-order valence-corrected chi connectivity index (χ4v) is 3.32. The summed E-state index contributed by atoms with van der Waals surface area (Å²) in [5.74, 6) is 0.503. The van der Waals surface area contributed by atoms with Crippen molar-refractivity contribution in [3.05, 3.63) is 76.4 Å². The van der Waals surface area contributed by atoms with Crippen LogP contribution in [-0.2, 0) is 23.4 Å². The molecule has 8 nitrogen and oxygen atoms in total. The first-order valence-electron chi connectivity index (χ1n) is 8.69. The van der Waals surface area contributed by atoms with Crippen molar-refractivity contribution in [2.24, 2.45) is 5.73 Å². The highest BCUT2D eigenvalue weighted by Gasteiger charge is 2.12. The van der Waals surface area contributed by atoms with Crippen LogP contribution in [0.25, 0.3) is 16.9 Å². The van der Waals surface area contributed by atoms with Crippen LogP contribution < -0.4 is 11.4 Å². The molecule has 0 amide bonds. The second-order valence-electron chi connectivity index (χ2n) is 6.44. The van der Waals surface area contributed by atoms with Crippen molar-refractivity contribution in [1.82, 2.24) is 19.3 Å². The molecule has 0 aliphatic carbocycles. The molecule has 0 radical (unpaired) electrons. The normalized spacial score (nSPS) is 12.9. The van der Waals surface area contributed by atoms with E-state index in [-0.39, 0.29) is 24.4 Å². The lowest BCUT2D eigenvalue weighted by atomic mass is 10.0. The van der Waals surface area contributed by atoms with Crippen LogP contribution in [0.1, 0.15) is 11.1 Å². The van der Waals surface area contributed by atoms with Gasteiger partial charge < -0.3 is 10.3 Å². The van der Waals surface area contributed by atoms with E-state index in [1.807, 2.05) is 25.1 Å². The molecule has 152 valence electrons. The molecular weight excluding hydrogens is 397 g/mol. The van der Waals surface area contributed by atoms with Crippen LogP contribution in [0.15, 0.2) is 59.6 Å². The van der Waals surface area contributed by atoms with E-state index in [1.165, 1.54) is 10.9 Å². The third-order valence-electron chi connectivity index (χ3n) is 4.36. The number of benzene rings is 1. The Balaban J connectivity index is 1.88. The lowest BCUT2D eigenvalue weighted by molar-refractivity contribution is 0.563. The fraction of sp³-hybridized carbons (Fsp3) is 0.211. The highest BCUT2D eigenvalue weighted by atomic mass is 32.2. The summed E-state index contributed by atoms with van der Waals surface area (Å²) in [6.45, 7) is 1.79. The smallest absolute Gasteiger partial charge is 0.327 e. The van der Waals surface area contributed by atoms with E-state index in [0.717, 1.165) is 26.9 Å². The number of halogens is 1. The van der Waals surface area contributed by atoms with Crippen LogP contribution in [0.4, 0.5) is 4.39 Å². The first kappa shape index (κ1) is 20.8. The minimum absolute atomic E-state index is 0.00518. The molecule has 3 N–H and O–H groups in total. The van der Waals surface area contributed by atoms with E-state index in [4.69, 9.17) is 10.3 Å². The molecule has 1 aromatic carbocycles. The zero-order valence-corrected chi connectivity index (χ0v) is 16.5. The first-order chi connectivity index (χ1) is 13.9. The highest BCUT2D eigenvalue weighted by Crippen LogP contribution is 2.22. The summed E-state index contributed by atoms with van der Waals surface area (Å²) in [5, 5.41) is 4.00. The molecule has 1 atom stereocenters. The number of pyridine rings is 1. The van der Waals surface area contributed by atoms with E-state index < -0.39 is 16.8 Å². The Morgan fingerprint density at radius 3 is 2.62 bits per heavy atom. The monoisotopic (exact) mass is 417 g/mol. The molecule has 10 heteroatoms. The van der Waals surface area contributed by atoms with Gasteiger partial charge in [0.2, 0.25) is 0 Å². The van der Waals surface area contributed by atoms with E-state index in [0.29, 0.717) is 12.1 Å². The van der Waals surface area contributed by atoms with Crippen LogP contribution >= 0.6 is 0 Å². The van der Waals surface area contributed by atoms with Crippen molar-refractivity contribution < 1.29 is 13.2 Å². The molecule has 3 rings (SSSR count). The average Bonchev–Trinajstić information content (AvgIpc) is 3.06. The van der Waals surface area contributed by atoms with E-state index in [2.05, 4.69) is 10.1 Å². The maximum absolute atomic E-state index is 12.7. The molecule has 0 saturated heterocycles. The number of nitrogens with zero attached hydrogens (tertiary/aromatic N) is 4. The second-order valence-corrected chi connectivity index (χ2v) is 7.37. The molecule has 0 saturated carbocycles. The number of rotatable bonds is 7. The number of aryl methyl sites for hydroxylation is 1. The van der Waals surface area contributed by atoms with Gasteiger partial charge in [-0.3, -0.25) is 0 Å². The summed E-state index contributed by atoms with van der Waals surface area (Å²) < 4.78 is 35.0.